The number of aliphatic hydroxyl groups excluding tert-OH is 4. The fourth-order valence-electron chi connectivity index (χ4n) is 10.3. The van der Waals surface area contributed by atoms with Gasteiger partial charge in [-0.1, -0.05) is 282 Å². The van der Waals surface area contributed by atoms with Crippen LogP contribution < -0.4 is 5.32 Å². The number of rotatable bonds is 56. The second-order valence-electron chi connectivity index (χ2n) is 22.4. The molecule has 7 unspecified atom stereocenters. The summed E-state index contributed by atoms with van der Waals surface area (Å²) in [6.07, 6.45) is 56.6. The summed E-state index contributed by atoms with van der Waals surface area (Å²) in [5.74, 6) is -0.258. The van der Waals surface area contributed by atoms with Crippen LogP contribution in [0.5, 0.6) is 0 Å². The van der Waals surface area contributed by atoms with Gasteiger partial charge in [0.05, 0.1) is 25.4 Å². The molecule has 0 aromatic heterocycles. The quantitative estimate of drug-likeness (QED) is 0.0193. The van der Waals surface area contributed by atoms with E-state index in [9.17, 15) is 38.2 Å². The molecule has 1 fully saturated rings. The van der Waals surface area contributed by atoms with Crippen LogP contribution in [0.25, 0.3) is 0 Å². The number of allylic oxidation sites excluding steroid dienone is 3. The minimum Gasteiger partial charge on any atom is -0.394 e. The van der Waals surface area contributed by atoms with Crippen molar-refractivity contribution in [3.05, 3.63) is 24.3 Å². The summed E-state index contributed by atoms with van der Waals surface area (Å²) in [7, 11) is -5.09. The number of unbranched alkanes of at least 4 members (excludes halogenated alkanes) is 42. The average Bonchev–Trinajstić information content (AvgIpc) is 3.39. The van der Waals surface area contributed by atoms with Crippen LogP contribution in [0.4, 0.5) is 0 Å². The van der Waals surface area contributed by atoms with Crippen molar-refractivity contribution in [2.24, 2.45) is 0 Å². The number of carbonyl (C=O) groups excluding carboxylic acids is 1. The number of hydrogen-bond acceptors (Lipinski definition) is 10. The average molecular weight is 1090 g/mol. The molecule has 1 rings (SSSR count). The molecular weight excluding hydrogens is 967 g/mol. The number of amides is 1. The Kier molecular flexibility index (Phi) is 49.6. The summed E-state index contributed by atoms with van der Waals surface area (Å²) >= 11 is 0. The molecule has 1 amide bonds. The van der Waals surface area contributed by atoms with E-state index in [4.69, 9.17) is 9.47 Å². The molecule has 7 atom stereocenters. The summed E-state index contributed by atoms with van der Waals surface area (Å²) in [6.45, 7) is 3.45. The summed E-state index contributed by atoms with van der Waals surface area (Å²) in [4.78, 5) is 13.2. The van der Waals surface area contributed by atoms with Crippen molar-refractivity contribution < 1.29 is 51.8 Å². The third-order valence-corrected chi connectivity index (χ3v) is 15.7. The monoisotopic (exact) mass is 1090 g/mol. The highest BCUT2D eigenvalue weighted by atomic mass is 32.3. The Hall–Kier alpha value is -1.42. The highest BCUT2D eigenvalue weighted by Gasteiger charge is 2.48. The van der Waals surface area contributed by atoms with Crippen molar-refractivity contribution in [2.75, 3.05) is 13.2 Å². The Bertz CT molecular complexity index is 1420. The largest absolute Gasteiger partial charge is 0.397 e. The van der Waals surface area contributed by atoms with E-state index in [1.807, 2.05) is 6.08 Å². The van der Waals surface area contributed by atoms with E-state index in [0.717, 1.165) is 38.5 Å². The summed E-state index contributed by atoms with van der Waals surface area (Å²) in [6, 6.07) is -0.944. The lowest BCUT2D eigenvalue weighted by Crippen LogP contribution is -2.61. The lowest BCUT2D eigenvalue weighted by molar-refractivity contribution is -0.298. The molecule has 0 saturated carbocycles. The zero-order valence-corrected chi connectivity index (χ0v) is 49.2. The van der Waals surface area contributed by atoms with Crippen molar-refractivity contribution in [3.8, 4) is 0 Å². The summed E-state index contributed by atoms with van der Waals surface area (Å²) in [5.41, 5.74) is 0. The van der Waals surface area contributed by atoms with Crippen molar-refractivity contribution in [2.45, 2.75) is 352 Å². The van der Waals surface area contributed by atoms with Crippen molar-refractivity contribution in [1.82, 2.24) is 5.32 Å². The highest BCUT2D eigenvalue weighted by Crippen LogP contribution is 2.26. The predicted octanol–water partition coefficient (Wildman–Crippen LogP) is 15.6. The lowest BCUT2D eigenvalue weighted by Gasteiger charge is -2.41. The van der Waals surface area contributed by atoms with Gasteiger partial charge < -0.3 is 35.2 Å². The predicted molar refractivity (Wildman–Crippen MR) is 310 cm³/mol. The van der Waals surface area contributed by atoms with E-state index in [-0.39, 0.29) is 18.9 Å². The number of ether oxygens (including phenoxy) is 2. The summed E-state index contributed by atoms with van der Waals surface area (Å²) in [5, 5.41) is 45.1. The Morgan fingerprint density at radius 2 is 0.853 bits per heavy atom. The van der Waals surface area contributed by atoms with Gasteiger partial charge in [0, 0.05) is 6.42 Å². The van der Waals surface area contributed by atoms with Gasteiger partial charge in [0.2, 0.25) is 5.91 Å². The van der Waals surface area contributed by atoms with E-state index in [0.29, 0.717) is 6.42 Å². The van der Waals surface area contributed by atoms with Gasteiger partial charge in [-0.25, -0.2) is 4.18 Å². The molecule has 0 aliphatic carbocycles. The minimum atomic E-state index is -5.09. The van der Waals surface area contributed by atoms with Gasteiger partial charge in [-0.15, -0.1) is 0 Å². The van der Waals surface area contributed by atoms with Crippen molar-refractivity contribution in [1.29, 1.82) is 0 Å². The van der Waals surface area contributed by atoms with Gasteiger partial charge in [-0.2, -0.15) is 8.42 Å². The summed E-state index contributed by atoms with van der Waals surface area (Å²) < 4.78 is 47.9. The standard InChI is InChI=1S/C62H119NO11S/c1-3-5-7-9-11-13-15-17-19-21-23-25-26-27-28-29-30-31-32-34-36-38-40-42-44-46-48-50-52-58(66)63-55(54-72-62-60(68)61(74-75(69,70)71)59(67)57(53-64)73-62)56(65)51-49-47-45-43-41-39-37-35-33-24-22-20-18-16-14-12-10-8-6-4-2/h27-28,49,51,55-57,59-62,64-65,67-68H,3-26,29-48,50,52-54H2,1-2H3,(H,63,66)(H,69,70,71)/b28-27-,51-49+. The number of carbonyl (C=O) groups is 1. The zero-order valence-electron chi connectivity index (χ0n) is 48.4. The normalized spacial score (nSPS) is 19.2. The van der Waals surface area contributed by atoms with Gasteiger partial charge in [-0.3, -0.25) is 9.35 Å². The third-order valence-electron chi connectivity index (χ3n) is 15.2. The van der Waals surface area contributed by atoms with Crippen LogP contribution >= 0.6 is 0 Å². The molecule has 12 nitrogen and oxygen atoms in total. The van der Waals surface area contributed by atoms with Crippen LogP contribution in [0.3, 0.4) is 0 Å². The molecule has 1 heterocycles. The maximum atomic E-state index is 13.2. The Morgan fingerprint density at radius 1 is 0.520 bits per heavy atom. The maximum Gasteiger partial charge on any atom is 0.397 e. The molecule has 13 heteroatoms. The first-order chi connectivity index (χ1) is 36.5. The first-order valence-corrected chi connectivity index (χ1v) is 33.1. The molecule has 6 N–H and O–H groups in total. The minimum absolute atomic E-state index is 0.258. The first-order valence-electron chi connectivity index (χ1n) is 31.7. The molecule has 1 aliphatic rings. The SMILES string of the molecule is CCCCCCCCCCCCCC/C=C\CCCCCCCCCCCCCCC(=O)NC(COC1OC(CO)C(O)C(OS(=O)(=O)O)C1O)C(O)/C=C/CCCCCCCCCCCCCCCCCCCC. The van der Waals surface area contributed by atoms with E-state index >= 15 is 0 Å². The molecule has 0 aromatic rings. The Labute approximate surface area is 461 Å². The molecular formula is C62H119NO11S. The van der Waals surface area contributed by atoms with E-state index < -0.39 is 59.9 Å². The molecule has 1 saturated heterocycles. The van der Waals surface area contributed by atoms with Crippen LogP contribution in [0.15, 0.2) is 24.3 Å². The molecule has 0 radical (unpaired) electrons. The smallest absolute Gasteiger partial charge is 0.394 e. The fourth-order valence-corrected chi connectivity index (χ4v) is 10.8. The van der Waals surface area contributed by atoms with Gasteiger partial charge in [0.25, 0.3) is 0 Å². The molecule has 0 aromatic carbocycles. The van der Waals surface area contributed by atoms with Crippen molar-refractivity contribution in [3.63, 3.8) is 0 Å². The molecule has 1 aliphatic heterocycles. The second-order valence-corrected chi connectivity index (χ2v) is 23.4. The third kappa shape index (κ3) is 44.1. The fraction of sp³-hybridized carbons (Fsp3) is 0.919. The number of aliphatic hydroxyl groups is 4. The van der Waals surface area contributed by atoms with Crippen LogP contribution in [-0.4, -0.2) is 95.4 Å². The number of nitrogens with one attached hydrogen (secondary N) is 1. The topological polar surface area (TPSA) is 192 Å². The second kappa shape index (κ2) is 52.0. The van der Waals surface area contributed by atoms with Crippen LogP contribution in [0.1, 0.15) is 309 Å². The number of hydrogen-bond donors (Lipinski definition) is 6. The van der Waals surface area contributed by atoms with Crippen LogP contribution in [0, 0.1) is 0 Å². The van der Waals surface area contributed by atoms with E-state index in [2.05, 4.69) is 35.5 Å². The van der Waals surface area contributed by atoms with Crippen molar-refractivity contribution >= 4 is 16.3 Å². The zero-order chi connectivity index (χ0) is 54.7. The van der Waals surface area contributed by atoms with Crippen LogP contribution in [-0.2, 0) is 28.9 Å². The lowest BCUT2D eigenvalue weighted by atomic mass is 9.99. The Morgan fingerprint density at radius 3 is 1.20 bits per heavy atom. The molecule has 444 valence electrons. The van der Waals surface area contributed by atoms with Gasteiger partial charge in [0.15, 0.2) is 6.29 Å². The van der Waals surface area contributed by atoms with E-state index in [1.165, 1.54) is 244 Å². The molecule has 0 bridgehead atoms. The van der Waals surface area contributed by atoms with Gasteiger partial charge in [0.1, 0.15) is 24.4 Å². The molecule has 0 spiro atoms. The van der Waals surface area contributed by atoms with E-state index in [1.54, 1.807) is 6.08 Å². The van der Waals surface area contributed by atoms with Gasteiger partial charge >= 0.3 is 10.4 Å². The Balaban J connectivity index is 2.30. The maximum absolute atomic E-state index is 13.2. The van der Waals surface area contributed by atoms with Crippen LogP contribution in [0.2, 0.25) is 0 Å². The van der Waals surface area contributed by atoms with Gasteiger partial charge in [-0.05, 0) is 44.9 Å². The highest BCUT2D eigenvalue weighted by molar-refractivity contribution is 7.80. The first kappa shape index (κ1) is 71.6. The molecule has 75 heavy (non-hydrogen) atoms.